The highest BCUT2D eigenvalue weighted by atomic mass is 32.2. The summed E-state index contributed by atoms with van der Waals surface area (Å²) >= 11 is 0. The number of carbonyl (C=O) groups excluding carboxylic acids is 2. The van der Waals surface area contributed by atoms with Crippen LogP contribution in [0.3, 0.4) is 0 Å². The van der Waals surface area contributed by atoms with Gasteiger partial charge in [0.25, 0.3) is 0 Å². The fraction of sp³-hybridized carbons (Fsp3) is 0.375. The predicted octanol–water partition coefficient (Wildman–Crippen LogP) is 3.89. The minimum Gasteiger partial charge on any atom is -0.497 e. The zero-order valence-electron chi connectivity index (χ0n) is 25.6. The van der Waals surface area contributed by atoms with Gasteiger partial charge in [0, 0.05) is 25.6 Å². The summed E-state index contributed by atoms with van der Waals surface area (Å²) < 4.78 is 43.1. The highest BCUT2D eigenvalue weighted by molar-refractivity contribution is 7.92. The number of sulfonamides is 1. The number of rotatable bonds is 15. The Kier molecular flexibility index (Phi) is 11.8. The van der Waals surface area contributed by atoms with E-state index in [0.29, 0.717) is 23.8 Å². The molecule has 43 heavy (non-hydrogen) atoms. The highest BCUT2D eigenvalue weighted by Crippen LogP contribution is 2.32. The number of nitrogens with one attached hydrogen (secondary N) is 1. The maximum atomic E-state index is 14.2. The lowest BCUT2D eigenvalue weighted by atomic mass is 10.0. The molecule has 1 atom stereocenters. The standard InChI is InChI=1S/C32H41N3O7S/c1-23(2)20-33-32(37)28(18-24-11-8-7-9-12-24)34(21-25-13-10-14-27(17-25)40-3)31(36)22-35(43(6,38)39)26-15-16-29(41-4)30(19-26)42-5/h7-17,19,23,28H,18,20-22H2,1-6H3,(H,33,37). The minimum atomic E-state index is -3.93. The van der Waals surface area contributed by atoms with E-state index in [1.165, 1.54) is 25.2 Å². The number of carbonyl (C=O) groups is 2. The molecule has 0 bridgehead atoms. The first-order valence-electron chi connectivity index (χ1n) is 13.9. The number of hydrogen-bond acceptors (Lipinski definition) is 7. The third-order valence-electron chi connectivity index (χ3n) is 6.78. The minimum absolute atomic E-state index is 0.0478. The molecule has 10 nitrogen and oxygen atoms in total. The summed E-state index contributed by atoms with van der Waals surface area (Å²) in [6.07, 6.45) is 1.26. The average molecular weight is 612 g/mol. The molecular formula is C32H41N3O7S. The Morgan fingerprint density at radius 2 is 1.51 bits per heavy atom. The number of benzene rings is 3. The van der Waals surface area contributed by atoms with Gasteiger partial charge in [-0.1, -0.05) is 56.3 Å². The van der Waals surface area contributed by atoms with Crippen molar-refractivity contribution in [1.29, 1.82) is 0 Å². The van der Waals surface area contributed by atoms with Gasteiger partial charge in [-0.05, 0) is 41.3 Å². The first-order chi connectivity index (χ1) is 20.5. The van der Waals surface area contributed by atoms with Gasteiger partial charge in [0.1, 0.15) is 18.3 Å². The van der Waals surface area contributed by atoms with Crippen molar-refractivity contribution in [2.75, 3.05) is 45.0 Å². The predicted molar refractivity (Wildman–Crippen MR) is 167 cm³/mol. The Morgan fingerprint density at radius 3 is 2.12 bits per heavy atom. The average Bonchev–Trinajstić information content (AvgIpc) is 2.99. The van der Waals surface area contributed by atoms with Crippen molar-refractivity contribution in [2.24, 2.45) is 5.92 Å². The molecule has 0 fully saturated rings. The van der Waals surface area contributed by atoms with Crippen molar-refractivity contribution in [2.45, 2.75) is 32.9 Å². The smallest absolute Gasteiger partial charge is 0.244 e. The molecule has 11 heteroatoms. The highest BCUT2D eigenvalue weighted by Gasteiger charge is 2.33. The van der Waals surface area contributed by atoms with E-state index in [9.17, 15) is 18.0 Å². The Morgan fingerprint density at radius 1 is 0.837 bits per heavy atom. The molecule has 0 saturated carbocycles. The van der Waals surface area contributed by atoms with Gasteiger partial charge in [0.2, 0.25) is 21.8 Å². The van der Waals surface area contributed by atoms with E-state index in [0.717, 1.165) is 21.7 Å². The molecule has 3 rings (SSSR count). The second kappa shape index (κ2) is 15.3. The summed E-state index contributed by atoms with van der Waals surface area (Å²) in [5.74, 6) is 0.626. The van der Waals surface area contributed by atoms with E-state index < -0.39 is 28.5 Å². The number of hydrogen-bond donors (Lipinski definition) is 1. The first kappa shape index (κ1) is 33.3. The van der Waals surface area contributed by atoms with E-state index in [1.807, 2.05) is 50.2 Å². The lowest BCUT2D eigenvalue weighted by molar-refractivity contribution is -0.140. The first-order valence-corrected chi connectivity index (χ1v) is 15.7. The van der Waals surface area contributed by atoms with Crippen molar-refractivity contribution >= 4 is 27.5 Å². The van der Waals surface area contributed by atoms with Crippen LogP contribution >= 0.6 is 0 Å². The van der Waals surface area contributed by atoms with Crippen molar-refractivity contribution in [3.63, 3.8) is 0 Å². The molecule has 3 aromatic carbocycles. The molecule has 0 radical (unpaired) electrons. The SMILES string of the molecule is COc1cccc(CN(C(=O)CN(c2ccc(OC)c(OC)c2)S(C)(=O)=O)C(Cc2ccccc2)C(=O)NCC(C)C)c1. The van der Waals surface area contributed by atoms with Crippen LogP contribution in [0.5, 0.6) is 17.2 Å². The van der Waals surface area contributed by atoms with Crippen LogP contribution in [-0.4, -0.2) is 71.8 Å². The molecule has 0 heterocycles. The van der Waals surface area contributed by atoms with Crippen LogP contribution in [0.1, 0.15) is 25.0 Å². The maximum absolute atomic E-state index is 14.2. The van der Waals surface area contributed by atoms with Crippen LogP contribution in [0.2, 0.25) is 0 Å². The van der Waals surface area contributed by atoms with Gasteiger partial charge in [-0.2, -0.15) is 0 Å². The van der Waals surface area contributed by atoms with E-state index in [2.05, 4.69) is 5.32 Å². The number of amides is 2. The summed E-state index contributed by atoms with van der Waals surface area (Å²) in [4.78, 5) is 29.4. The molecule has 0 aliphatic rings. The monoisotopic (exact) mass is 611 g/mol. The fourth-order valence-corrected chi connectivity index (χ4v) is 5.38. The van der Waals surface area contributed by atoms with Crippen LogP contribution in [0.25, 0.3) is 0 Å². The van der Waals surface area contributed by atoms with Crippen LogP contribution in [-0.2, 0) is 32.6 Å². The summed E-state index contributed by atoms with van der Waals surface area (Å²) in [5, 5.41) is 2.97. The number of ether oxygens (including phenoxy) is 3. The Hall–Kier alpha value is -4.25. The van der Waals surface area contributed by atoms with Gasteiger partial charge < -0.3 is 24.4 Å². The zero-order valence-corrected chi connectivity index (χ0v) is 26.4. The van der Waals surface area contributed by atoms with E-state index >= 15 is 0 Å². The molecule has 2 amide bonds. The molecule has 0 aliphatic heterocycles. The van der Waals surface area contributed by atoms with Gasteiger partial charge in [0.15, 0.2) is 11.5 Å². The van der Waals surface area contributed by atoms with Crippen LogP contribution in [0.15, 0.2) is 72.8 Å². The summed E-state index contributed by atoms with van der Waals surface area (Å²) in [6, 6.07) is 20.3. The van der Waals surface area contributed by atoms with E-state index in [-0.39, 0.29) is 30.5 Å². The zero-order chi connectivity index (χ0) is 31.6. The normalized spacial score (nSPS) is 11.9. The third-order valence-corrected chi connectivity index (χ3v) is 7.92. The topological polar surface area (TPSA) is 114 Å². The molecular weight excluding hydrogens is 570 g/mol. The number of anilines is 1. The Balaban J connectivity index is 2.08. The fourth-order valence-electron chi connectivity index (χ4n) is 4.54. The summed E-state index contributed by atoms with van der Waals surface area (Å²) in [5.41, 5.74) is 1.80. The molecule has 0 aliphatic carbocycles. The van der Waals surface area contributed by atoms with Gasteiger partial charge in [-0.25, -0.2) is 8.42 Å². The largest absolute Gasteiger partial charge is 0.497 e. The van der Waals surface area contributed by atoms with Crippen LogP contribution in [0, 0.1) is 5.92 Å². The van der Waals surface area contributed by atoms with Crippen molar-refractivity contribution in [3.8, 4) is 17.2 Å². The van der Waals surface area contributed by atoms with Crippen molar-refractivity contribution < 1.29 is 32.2 Å². The quantitative estimate of drug-likeness (QED) is 0.277. The maximum Gasteiger partial charge on any atom is 0.244 e. The summed E-state index contributed by atoms with van der Waals surface area (Å²) in [7, 11) is 0.533. The lowest BCUT2D eigenvalue weighted by Gasteiger charge is -2.33. The van der Waals surface area contributed by atoms with Gasteiger partial charge in [0.05, 0.1) is 33.3 Å². The second-order valence-corrected chi connectivity index (χ2v) is 12.4. The van der Waals surface area contributed by atoms with Crippen LogP contribution < -0.4 is 23.8 Å². The second-order valence-electron chi connectivity index (χ2n) is 10.5. The van der Waals surface area contributed by atoms with Gasteiger partial charge in [-0.15, -0.1) is 0 Å². The third kappa shape index (κ3) is 9.37. The molecule has 1 unspecified atom stereocenters. The molecule has 0 saturated heterocycles. The molecule has 0 aromatic heterocycles. The lowest BCUT2D eigenvalue weighted by Crippen LogP contribution is -2.53. The number of nitrogens with zero attached hydrogens (tertiary/aromatic N) is 2. The van der Waals surface area contributed by atoms with Crippen molar-refractivity contribution in [1.82, 2.24) is 10.2 Å². The van der Waals surface area contributed by atoms with Crippen LogP contribution in [0.4, 0.5) is 5.69 Å². The molecule has 0 spiro atoms. The molecule has 1 N–H and O–H groups in total. The van der Waals surface area contributed by atoms with Gasteiger partial charge >= 0.3 is 0 Å². The van der Waals surface area contributed by atoms with E-state index in [4.69, 9.17) is 14.2 Å². The molecule has 3 aromatic rings. The Labute approximate surface area is 254 Å². The summed E-state index contributed by atoms with van der Waals surface area (Å²) in [6.45, 7) is 3.90. The van der Waals surface area contributed by atoms with E-state index in [1.54, 1.807) is 37.4 Å². The van der Waals surface area contributed by atoms with Crippen molar-refractivity contribution in [3.05, 3.63) is 83.9 Å². The Bertz CT molecular complexity index is 1480. The number of methoxy groups -OCH3 is 3. The van der Waals surface area contributed by atoms with Gasteiger partial charge in [-0.3, -0.25) is 13.9 Å². The molecule has 232 valence electrons.